The average Bonchev–Trinajstić information content (AvgIpc) is 2.88. The van der Waals surface area contributed by atoms with Crippen LogP contribution in [-0.2, 0) is 0 Å². The number of nitrogens with two attached hydrogens (primary N) is 1. The van der Waals surface area contributed by atoms with Crippen LogP contribution in [0.2, 0.25) is 0 Å². The largest absolute Gasteiger partial charge is 0.368 e. The van der Waals surface area contributed by atoms with Crippen molar-refractivity contribution in [2.75, 3.05) is 17.6 Å². The molecule has 0 aliphatic heterocycles. The lowest BCUT2D eigenvalue weighted by Gasteiger charge is -2.27. The van der Waals surface area contributed by atoms with Crippen LogP contribution in [0, 0.1) is 11.3 Å². The predicted octanol–water partition coefficient (Wildman–Crippen LogP) is 1.73. The van der Waals surface area contributed by atoms with E-state index in [1.165, 1.54) is 0 Å². The summed E-state index contributed by atoms with van der Waals surface area (Å²) in [6.45, 7) is 9.58. The second kappa shape index (κ2) is 5.44. The van der Waals surface area contributed by atoms with E-state index in [1.807, 2.05) is 0 Å². The van der Waals surface area contributed by atoms with Crippen molar-refractivity contribution >= 4 is 11.9 Å². The third-order valence-corrected chi connectivity index (χ3v) is 3.42. The lowest BCUT2D eigenvalue weighted by molar-refractivity contribution is 0.274. The Morgan fingerprint density at radius 3 is 2.65 bits per heavy atom. The molecular formula is C13H21N7. The molecular weight excluding hydrogens is 254 g/mol. The second-order valence-electron chi connectivity index (χ2n) is 5.94. The van der Waals surface area contributed by atoms with Crippen molar-refractivity contribution < 1.29 is 0 Å². The first-order valence-electron chi connectivity index (χ1n) is 6.60. The Bertz CT molecular complexity index is 557. The van der Waals surface area contributed by atoms with Crippen molar-refractivity contribution in [3.63, 3.8) is 0 Å². The van der Waals surface area contributed by atoms with Gasteiger partial charge in [0, 0.05) is 18.9 Å². The zero-order valence-corrected chi connectivity index (χ0v) is 12.3. The van der Waals surface area contributed by atoms with Crippen LogP contribution in [0.25, 0.3) is 5.95 Å². The Hall–Kier alpha value is -2.18. The minimum atomic E-state index is 0.189. The molecule has 20 heavy (non-hydrogen) atoms. The van der Waals surface area contributed by atoms with E-state index in [2.05, 4.69) is 52.9 Å². The minimum Gasteiger partial charge on any atom is -0.368 e. The summed E-state index contributed by atoms with van der Waals surface area (Å²) >= 11 is 0. The fraction of sp³-hybridized carbons (Fsp3) is 0.538. The van der Waals surface area contributed by atoms with Crippen molar-refractivity contribution in [3.8, 4) is 5.95 Å². The number of nitrogens with one attached hydrogen (secondary N) is 1. The van der Waals surface area contributed by atoms with Crippen LogP contribution in [0.5, 0.6) is 0 Å². The number of nitrogens with zero attached hydrogens (tertiary/aromatic N) is 5. The van der Waals surface area contributed by atoms with Gasteiger partial charge < -0.3 is 11.1 Å². The first kappa shape index (κ1) is 14.2. The molecule has 2 rings (SSSR count). The highest BCUT2D eigenvalue weighted by atomic mass is 15.3. The zero-order valence-electron chi connectivity index (χ0n) is 12.3. The summed E-state index contributed by atoms with van der Waals surface area (Å²) in [6.07, 6.45) is 5.04. The topological polar surface area (TPSA) is 94.5 Å². The number of nitrogen functional groups attached to an aromatic ring is 1. The molecule has 0 radical (unpaired) electrons. The molecule has 0 aromatic carbocycles. The normalized spacial score (nSPS) is 13.2. The smallest absolute Gasteiger partial charge is 0.241 e. The lowest BCUT2D eigenvalue weighted by Crippen LogP contribution is -2.25. The summed E-state index contributed by atoms with van der Waals surface area (Å²) in [5.41, 5.74) is 5.94. The Balaban J connectivity index is 2.13. The van der Waals surface area contributed by atoms with Crippen LogP contribution in [0.3, 0.4) is 0 Å². The summed E-state index contributed by atoms with van der Waals surface area (Å²) < 4.78 is 1.69. The number of hydrogen-bond donors (Lipinski definition) is 2. The number of aromatic nitrogens is 5. The van der Waals surface area contributed by atoms with Gasteiger partial charge in [-0.05, 0) is 11.3 Å². The van der Waals surface area contributed by atoms with E-state index in [-0.39, 0.29) is 11.4 Å². The number of rotatable bonds is 4. The Kier molecular flexibility index (Phi) is 3.87. The molecule has 0 aliphatic rings. The van der Waals surface area contributed by atoms with Crippen molar-refractivity contribution in [1.82, 2.24) is 24.5 Å². The SMILES string of the molecule is CC(CNc1nc(N)nc(-n2ccnc2)n1)C(C)(C)C. The molecule has 0 amide bonds. The van der Waals surface area contributed by atoms with Gasteiger partial charge in [-0.3, -0.25) is 4.57 Å². The van der Waals surface area contributed by atoms with E-state index < -0.39 is 0 Å². The van der Waals surface area contributed by atoms with Gasteiger partial charge in [0.15, 0.2) is 0 Å². The monoisotopic (exact) mass is 275 g/mol. The zero-order chi connectivity index (χ0) is 14.8. The molecule has 0 spiro atoms. The van der Waals surface area contributed by atoms with Crippen molar-refractivity contribution in [2.45, 2.75) is 27.7 Å². The summed E-state index contributed by atoms with van der Waals surface area (Å²) in [4.78, 5) is 16.5. The lowest BCUT2D eigenvalue weighted by atomic mass is 9.82. The van der Waals surface area contributed by atoms with Crippen LogP contribution >= 0.6 is 0 Å². The quantitative estimate of drug-likeness (QED) is 0.882. The number of hydrogen-bond acceptors (Lipinski definition) is 6. The highest BCUT2D eigenvalue weighted by Gasteiger charge is 2.20. The fourth-order valence-electron chi connectivity index (χ4n) is 1.50. The maximum Gasteiger partial charge on any atom is 0.241 e. The highest BCUT2D eigenvalue weighted by Crippen LogP contribution is 2.25. The molecule has 7 heteroatoms. The van der Waals surface area contributed by atoms with Gasteiger partial charge in [0.2, 0.25) is 17.8 Å². The summed E-state index contributed by atoms with van der Waals surface area (Å²) in [7, 11) is 0. The molecule has 1 unspecified atom stereocenters. The van der Waals surface area contributed by atoms with Gasteiger partial charge in [0.1, 0.15) is 6.33 Å². The molecule has 7 nitrogen and oxygen atoms in total. The summed E-state index contributed by atoms with van der Waals surface area (Å²) in [5.74, 6) is 1.60. The molecule has 0 saturated heterocycles. The number of imidazole rings is 1. The molecule has 0 fully saturated rings. The average molecular weight is 275 g/mol. The van der Waals surface area contributed by atoms with Crippen molar-refractivity contribution in [2.24, 2.45) is 11.3 Å². The van der Waals surface area contributed by atoms with Gasteiger partial charge in [-0.2, -0.15) is 15.0 Å². The van der Waals surface area contributed by atoms with Crippen LogP contribution in [0.4, 0.5) is 11.9 Å². The minimum absolute atomic E-state index is 0.189. The molecule has 0 aliphatic carbocycles. The Morgan fingerprint density at radius 1 is 1.30 bits per heavy atom. The van der Waals surface area contributed by atoms with Gasteiger partial charge in [-0.1, -0.05) is 27.7 Å². The van der Waals surface area contributed by atoms with E-state index in [9.17, 15) is 0 Å². The van der Waals surface area contributed by atoms with E-state index in [1.54, 1.807) is 23.3 Å². The van der Waals surface area contributed by atoms with Gasteiger partial charge in [-0.15, -0.1) is 0 Å². The highest BCUT2D eigenvalue weighted by molar-refractivity contribution is 5.35. The third-order valence-electron chi connectivity index (χ3n) is 3.42. The maximum atomic E-state index is 5.72. The van der Waals surface area contributed by atoms with E-state index in [0.717, 1.165) is 6.54 Å². The molecule has 2 heterocycles. The van der Waals surface area contributed by atoms with Gasteiger partial charge >= 0.3 is 0 Å². The molecule has 108 valence electrons. The Labute approximate surface area is 118 Å². The van der Waals surface area contributed by atoms with Gasteiger partial charge in [0.05, 0.1) is 0 Å². The van der Waals surface area contributed by atoms with Crippen molar-refractivity contribution in [1.29, 1.82) is 0 Å². The second-order valence-corrected chi connectivity index (χ2v) is 5.94. The van der Waals surface area contributed by atoms with Crippen LogP contribution in [0.1, 0.15) is 27.7 Å². The van der Waals surface area contributed by atoms with E-state index in [0.29, 0.717) is 17.8 Å². The van der Waals surface area contributed by atoms with Crippen LogP contribution in [-0.4, -0.2) is 31.0 Å². The summed E-state index contributed by atoms with van der Waals surface area (Å²) in [5, 5.41) is 3.22. The molecule has 2 aromatic heterocycles. The number of anilines is 2. The summed E-state index contributed by atoms with van der Waals surface area (Å²) in [6, 6.07) is 0. The Morgan fingerprint density at radius 2 is 2.05 bits per heavy atom. The standard InChI is InChI=1S/C13H21N7/c1-9(13(2,3)4)7-16-11-17-10(14)18-12(19-11)20-6-5-15-8-20/h5-6,8-9H,7H2,1-4H3,(H3,14,16,17,18,19). The van der Waals surface area contributed by atoms with Crippen molar-refractivity contribution in [3.05, 3.63) is 18.7 Å². The van der Waals surface area contributed by atoms with Gasteiger partial charge in [0.25, 0.3) is 0 Å². The molecule has 1 atom stereocenters. The van der Waals surface area contributed by atoms with Crippen LogP contribution in [0.15, 0.2) is 18.7 Å². The first-order valence-corrected chi connectivity index (χ1v) is 6.60. The molecule has 2 aromatic rings. The predicted molar refractivity (Wildman–Crippen MR) is 78.5 cm³/mol. The first-order chi connectivity index (χ1) is 9.36. The van der Waals surface area contributed by atoms with E-state index in [4.69, 9.17) is 5.73 Å². The molecule has 3 N–H and O–H groups in total. The van der Waals surface area contributed by atoms with E-state index >= 15 is 0 Å². The van der Waals surface area contributed by atoms with Crippen LogP contribution < -0.4 is 11.1 Å². The third kappa shape index (κ3) is 3.43. The molecule has 0 bridgehead atoms. The molecule has 0 saturated carbocycles. The maximum absolute atomic E-state index is 5.72. The van der Waals surface area contributed by atoms with Gasteiger partial charge in [-0.25, -0.2) is 4.98 Å². The fourth-order valence-corrected chi connectivity index (χ4v) is 1.50.